The molecule has 1 unspecified atom stereocenters. The lowest BCUT2D eigenvalue weighted by Gasteiger charge is -2.31. The summed E-state index contributed by atoms with van der Waals surface area (Å²) in [5.74, 6) is -3.45. The van der Waals surface area contributed by atoms with Crippen LogP contribution >= 0.6 is 11.6 Å². The minimum absolute atomic E-state index is 0.0486. The quantitative estimate of drug-likeness (QED) is 0.770. The highest BCUT2D eigenvalue weighted by Gasteiger charge is 2.34. The molecule has 2 atom stereocenters. The topological polar surface area (TPSA) is 53.6 Å². The van der Waals surface area contributed by atoms with Crippen molar-refractivity contribution in [3.05, 3.63) is 34.6 Å². The van der Waals surface area contributed by atoms with Gasteiger partial charge in [0.1, 0.15) is 5.82 Å². The van der Waals surface area contributed by atoms with E-state index in [1.165, 1.54) is 12.1 Å². The van der Waals surface area contributed by atoms with Crippen LogP contribution in [0.25, 0.3) is 0 Å². The van der Waals surface area contributed by atoms with Gasteiger partial charge in [0.25, 0.3) is 5.92 Å². The Morgan fingerprint density at radius 1 is 1.36 bits per heavy atom. The molecule has 2 aliphatic heterocycles. The van der Waals surface area contributed by atoms with E-state index in [0.29, 0.717) is 31.8 Å². The number of carbonyl (C=O) groups excluding carboxylic acids is 1. The van der Waals surface area contributed by atoms with Crippen molar-refractivity contribution in [2.75, 3.05) is 45.9 Å². The number of alkyl halides is 2. The number of rotatable bonds is 5. The summed E-state index contributed by atoms with van der Waals surface area (Å²) in [6, 6.07) is 4.58. The Labute approximate surface area is 167 Å². The van der Waals surface area contributed by atoms with Crippen LogP contribution in [0.3, 0.4) is 0 Å². The van der Waals surface area contributed by atoms with E-state index in [9.17, 15) is 18.0 Å². The van der Waals surface area contributed by atoms with Crippen LogP contribution in [0.4, 0.5) is 13.2 Å². The van der Waals surface area contributed by atoms with Crippen molar-refractivity contribution >= 4 is 17.5 Å². The summed E-state index contributed by atoms with van der Waals surface area (Å²) in [6.45, 7) is 2.59. The molecule has 2 heterocycles. The van der Waals surface area contributed by atoms with Crippen LogP contribution < -0.4 is 10.6 Å². The van der Waals surface area contributed by atoms with Crippen LogP contribution in [0.5, 0.6) is 0 Å². The normalized spacial score (nSPS) is 25.9. The molecule has 0 bridgehead atoms. The molecule has 0 aliphatic carbocycles. The van der Waals surface area contributed by atoms with Crippen molar-refractivity contribution in [3.63, 3.8) is 0 Å². The lowest BCUT2D eigenvalue weighted by molar-refractivity contribution is -0.124. The van der Waals surface area contributed by atoms with Gasteiger partial charge in [0.05, 0.1) is 24.3 Å². The molecule has 2 aliphatic rings. The number of nitrogens with zero attached hydrogens (tertiary/aromatic N) is 1. The van der Waals surface area contributed by atoms with Gasteiger partial charge in [-0.2, -0.15) is 0 Å². The molecule has 156 valence electrons. The number of likely N-dealkylation sites (tertiary alicyclic amines) is 1. The van der Waals surface area contributed by atoms with E-state index in [1.807, 2.05) is 0 Å². The third-order valence-electron chi connectivity index (χ3n) is 5.20. The summed E-state index contributed by atoms with van der Waals surface area (Å²) in [6.07, 6.45) is -0.814. The smallest absolute Gasteiger partial charge is 0.250 e. The molecule has 2 fully saturated rings. The highest BCUT2D eigenvalue weighted by Crippen LogP contribution is 2.30. The minimum Gasteiger partial charge on any atom is -0.372 e. The fraction of sp³-hybridized carbons (Fsp3) is 0.632. The number of ether oxygens (including phenoxy) is 1. The van der Waals surface area contributed by atoms with Gasteiger partial charge in [-0.25, -0.2) is 13.2 Å². The number of carbonyl (C=O) groups is 1. The molecule has 0 radical (unpaired) electrons. The Morgan fingerprint density at radius 3 is 2.82 bits per heavy atom. The third-order valence-corrected chi connectivity index (χ3v) is 5.51. The number of benzene rings is 1. The summed E-state index contributed by atoms with van der Waals surface area (Å²) in [5.41, 5.74) is 0.670. The number of hydrogen-bond acceptors (Lipinski definition) is 4. The number of nitrogens with one attached hydrogen (secondary N) is 2. The Bertz CT molecular complexity index is 682. The van der Waals surface area contributed by atoms with Crippen molar-refractivity contribution in [2.24, 2.45) is 5.92 Å². The van der Waals surface area contributed by atoms with E-state index in [4.69, 9.17) is 16.3 Å². The minimum atomic E-state index is -2.63. The molecule has 1 amide bonds. The first kappa shape index (κ1) is 21.4. The fourth-order valence-corrected chi connectivity index (χ4v) is 3.69. The first-order valence-electron chi connectivity index (χ1n) is 9.48. The van der Waals surface area contributed by atoms with Gasteiger partial charge in [0.15, 0.2) is 0 Å². The molecule has 2 saturated heterocycles. The highest BCUT2D eigenvalue weighted by atomic mass is 35.5. The van der Waals surface area contributed by atoms with Gasteiger partial charge in [-0.05, 0) is 17.7 Å². The van der Waals surface area contributed by atoms with Crippen LogP contribution in [0.15, 0.2) is 18.2 Å². The number of amides is 1. The maximum Gasteiger partial charge on any atom is 0.250 e. The first-order valence-corrected chi connectivity index (χ1v) is 9.86. The average molecular weight is 420 g/mol. The van der Waals surface area contributed by atoms with Gasteiger partial charge < -0.3 is 15.4 Å². The van der Waals surface area contributed by atoms with E-state index in [2.05, 4.69) is 10.6 Å². The summed E-state index contributed by atoms with van der Waals surface area (Å²) in [7, 11) is 0. The van der Waals surface area contributed by atoms with Crippen LogP contribution in [0.1, 0.15) is 24.5 Å². The van der Waals surface area contributed by atoms with Gasteiger partial charge in [-0.1, -0.05) is 17.7 Å². The lowest BCUT2D eigenvalue weighted by Crippen LogP contribution is -2.46. The second-order valence-corrected chi connectivity index (χ2v) is 7.77. The molecular formula is C19H25ClF3N3O2. The molecule has 2 N–H and O–H groups in total. The summed E-state index contributed by atoms with van der Waals surface area (Å²) < 4.78 is 46.2. The first-order chi connectivity index (χ1) is 13.3. The van der Waals surface area contributed by atoms with Crippen LogP contribution in [-0.2, 0) is 9.53 Å². The van der Waals surface area contributed by atoms with Crippen molar-refractivity contribution in [1.29, 1.82) is 0 Å². The standard InChI is InChI=1S/C19H25ClF3N3O2/c20-15-2-1-13(9-16(15)21)18-14(10-24-5-8-28-18)11-25-17(27)12-26-6-3-19(22,23)4-7-26/h1-2,9,14,18,24H,3-8,10-12H2,(H,25,27)/t14?,18-/m0/s1. The number of piperidine rings is 1. The summed E-state index contributed by atoms with van der Waals surface area (Å²) in [5, 5.41) is 6.16. The summed E-state index contributed by atoms with van der Waals surface area (Å²) in [4.78, 5) is 14.0. The maximum absolute atomic E-state index is 13.9. The predicted molar refractivity (Wildman–Crippen MR) is 100 cm³/mol. The second-order valence-electron chi connectivity index (χ2n) is 7.37. The van der Waals surface area contributed by atoms with Crippen molar-refractivity contribution in [2.45, 2.75) is 24.9 Å². The van der Waals surface area contributed by atoms with Crippen molar-refractivity contribution in [1.82, 2.24) is 15.5 Å². The molecule has 0 aromatic heterocycles. The molecule has 0 saturated carbocycles. The van der Waals surface area contributed by atoms with Crippen LogP contribution in [-0.4, -0.2) is 62.6 Å². The van der Waals surface area contributed by atoms with Gasteiger partial charge >= 0.3 is 0 Å². The Balaban J connectivity index is 1.56. The largest absolute Gasteiger partial charge is 0.372 e. The van der Waals surface area contributed by atoms with E-state index in [-0.39, 0.29) is 55.4 Å². The highest BCUT2D eigenvalue weighted by molar-refractivity contribution is 6.30. The monoisotopic (exact) mass is 419 g/mol. The Hall–Kier alpha value is -1.35. The average Bonchev–Trinajstić information content (AvgIpc) is 2.89. The Kier molecular flexibility index (Phi) is 7.20. The van der Waals surface area contributed by atoms with Gasteiger partial charge in [-0.15, -0.1) is 0 Å². The fourth-order valence-electron chi connectivity index (χ4n) is 3.57. The van der Waals surface area contributed by atoms with E-state index >= 15 is 0 Å². The predicted octanol–water partition coefficient (Wildman–Crippen LogP) is 2.60. The number of halogens is 4. The van der Waals surface area contributed by atoms with Crippen molar-refractivity contribution in [3.8, 4) is 0 Å². The van der Waals surface area contributed by atoms with E-state index in [1.54, 1.807) is 11.0 Å². The zero-order chi connectivity index (χ0) is 20.1. The van der Waals surface area contributed by atoms with E-state index in [0.717, 1.165) is 0 Å². The number of hydrogen-bond donors (Lipinski definition) is 2. The SMILES string of the molecule is O=C(CN1CCC(F)(F)CC1)NCC1CNCCO[C@H]1c1ccc(Cl)c(F)c1. The van der Waals surface area contributed by atoms with E-state index < -0.39 is 11.7 Å². The molecule has 9 heteroatoms. The zero-order valence-corrected chi connectivity index (χ0v) is 16.3. The molecule has 1 aromatic carbocycles. The second kappa shape index (κ2) is 9.43. The van der Waals surface area contributed by atoms with Gasteiger partial charge in [-0.3, -0.25) is 9.69 Å². The van der Waals surface area contributed by atoms with Crippen LogP contribution in [0, 0.1) is 11.7 Å². The van der Waals surface area contributed by atoms with Crippen molar-refractivity contribution < 1.29 is 22.7 Å². The van der Waals surface area contributed by atoms with Gasteiger partial charge in [0, 0.05) is 51.5 Å². The molecule has 0 spiro atoms. The molecule has 3 rings (SSSR count). The maximum atomic E-state index is 13.9. The zero-order valence-electron chi connectivity index (χ0n) is 15.5. The third kappa shape index (κ3) is 5.83. The molecular weight excluding hydrogens is 395 g/mol. The lowest BCUT2D eigenvalue weighted by atomic mass is 9.95. The van der Waals surface area contributed by atoms with Crippen LogP contribution in [0.2, 0.25) is 5.02 Å². The molecule has 28 heavy (non-hydrogen) atoms. The Morgan fingerprint density at radius 2 is 2.11 bits per heavy atom. The molecule has 5 nitrogen and oxygen atoms in total. The molecule has 1 aromatic rings. The summed E-state index contributed by atoms with van der Waals surface area (Å²) >= 11 is 5.76. The van der Waals surface area contributed by atoms with Gasteiger partial charge in [0.2, 0.25) is 5.91 Å².